The van der Waals surface area contributed by atoms with Gasteiger partial charge in [0.25, 0.3) is 0 Å². The molecule has 0 rings (SSSR count). The van der Waals surface area contributed by atoms with Gasteiger partial charge in [-0.1, -0.05) is 104 Å². The Morgan fingerprint density at radius 2 is 0.759 bits per heavy atom. The summed E-state index contributed by atoms with van der Waals surface area (Å²) in [6, 6.07) is 0. The zero-order valence-corrected chi connectivity index (χ0v) is 19.7. The highest BCUT2D eigenvalue weighted by Crippen LogP contribution is 2.09. The van der Waals surface area contributed by atoms with Crippen molar-refractivity contribution < 1.29 is 9.59 Å². The summed E-state index contributed by atoms with van der Waals surface area (Å²) in [6.45, 7) is 6.04. The Kier molecular flexibility index (Phi) is 22.4. The number of rotatable bonds is 22. The molecule has 29 heavy (non-hydrogen) atoms. The fourth-order valence-corrected chi connectivity index (χ4v) is 3.56. The second-order valence-electron chi connectivity index (χ2n) is 8.50. The predicted molar refractivity (Wildman–Crippen MR) is 125 cm³/mol. The molecule has 0 aromatic carbocycles. The molecule has 0 bridgehead atoms. The number of carbonyl (C=O) groups is 2. The molecule has 2 N–H and O–H groups in total. The van der Waals surface area contributed by atoms with Gasteiger partial charge in [-0.25, -0.2) is 0 Å². The van der Waals surface area contributed by atoms with Gasteiger partial charge >= 0.3 is 0 Å². The minimum atomic E-state index is 0.0869. The van der Waals surface area contributed by atoms with Crippen LogP contribution in [-0.2, 0) is 9.59 Å². The fourth-order valence-electron chi connectivity index (χ4n) is 3.56. The van der Waals surface area contributed by atoms with Crippen LogP contribution in [0.1, 0.15) is 136 Å². The number of hydrogen-bond donors (Lipinski definition) is 2. The Balaban J connectivity index is 3.31. The number of nitrogens with one attached hydrogen (secondary N) is 2. The molecule has 0 unspecified atom stereocenters. The standard InChI is InChI=1S/C25H50N2O2/c1-3-5-7-9-11-13-15-17-22-26-24(28)20-19-21-25(29)27-23-18-16-14-12-10-8-6-4-2/h3-23H2,1-2H3,(H,26,28)(H,27,29). The summed E-state index contributed by atoms with van der Waals surface area (Å²) >= 11 is 0. The van der Waals surface area contributed by atoms with Crippen molar-refractivity contribution in [3.63, 3.8) is 0 Å². The topological polar surface area (TPSA) is 58.2 Å². The Labute approximate surface area is 181 Å². The SMILES string of the molecule is CCCCCCCCCCNC(=O)CCCC(=O)NCCCCCCCCCC. The summed E-state index contributed by atoms with van der Waals surface area (Å²) in [5.74, 6) is 0.174. The van der Waals surface area contributed by atoms with Gasteiger partial charge in [0, 0.05) is 25.9 Å². The molecule has 0 heterocycles. The predicted octanol–water partition coefficient (Wildman–Crippen LogP) is 6.67. The van der Waals surface area contributed by atoms with Gasteiger partial charge < -0.3 is 10.6 Å². The maximum atomic E-state index is 11.8. The van der Waals surface area contributed by atoms with Crippen molar-refractivity contribution in [3.05, 3.63) is 0 Å². The molecule has 4 heteroatoms. The lowest BCUT2D eigenvalue weighted by molar-refractivity contribution is -0.122. The maximum absolute atomic E-state index is 11.8. The third kappa shape index (κ3) is 23.1. The Hall–Kier alpha value is -1.06. The molecule has 172 valence electrons. The van der Waals surface area contributed by atoms with Crippen molar-refractivity contribution in [2.24, 2.45) is 0 Å². The van der Waals surface area contributed by atoms with E-state index in [1.165, 1.54) is 89.9 Å². The van der Waals surface area contributed by atoms with Crippen LogP contribution in [0, 0.1) is 0 Å². The molecule has 0 radical (unpaired) electrons. The average molecular weight is 411 g/mol. The van der Waals surface area contributed by atoms with E-state index in [2.05, 4.69) is 24.5 Å². The van der Waals surface area contributed by atoms with Crippen LogP contribution >= 0.6 is 0 Å². The average Bonchev–Trinajstić information content (AvgIpc) is 2.71. The second-order valence-corrected chi connectivity index (χ2v) is 8.50. The van der Waals surface area contributed by atoms with Crippen molar-refractivity contribution in [3.8, 4) is 0 Å². The molecule has 0 aliphatic rings. The number of amides is 2. The monoisotopic (exact) mass is 410 g/mol. The number of carbonyl (C=O) groups excluding carboxylic acids is 2. The molecule has 2 amide bonds. The fraction of sp³-hybridized carbons (Fsp3) is 0.920. The molecule has 0 fully saturated rings. The van der Waals surface area contributed by atoms with E-state index < -0.39 is 0 Å². The third-order valence-corrected chi connectivity index (χ3v) is 5.51. The van der Waals surface area contributed by atoms with Crippen LogP contribution in [0.2, 0.25) is 0 Å². The summed E-state index contributed by atoms with van der Waals surface area (Å²) in [6.07, 6.45) is 22.0. The van der Waals surface area contributed by atoms with E-state index in [-0.39, 0.29) is 11.8 Å². The van der Waals surface area contributed by atoms with E-state index in [0.29, 0.717) is 19.3 Å². The van der Waals surface area contributed by atoms with Crippen molar-refractivity contribution in [1.29, 1.82) is 0 Å². The highest BCUT2D eigenvalue weighted by molar-refractivity contribution is 5.78. The van der Waals surface area contributed by atoms with Crippen LogP contribution in [0.5, 0.6) is 0 Å². The first kappa shape index (κ1) is 27.9. The number of unbranched alkanes of at least 4 members (excludes halogenated alkanes) is 14. The van der Waals surface area contributed by atoms with Gasteiger partial charge in [0.15, 0.2) is 0 Å². The van der Waals surface area contributed by atoms with Gasteiger partial charge in [-0.2, -0.15) is 0 Å². The minimum Gasteiger partial charge on any atom is -0.356 e. The minimum absolute atomic E-state index is 0.0869. The van der Waals surface area contributed by atoms with Crippen LogP contribution in [0.25, 0.3) is 0 Å². The van der Waals surface area contributed by atoms with Crippen LogP contribution < -0.4 is 10.6 Å². The van der Waals surface area contributed by atoms with Gasteiger partial charge in [0.1, 0.15) is 0 Å². The first-order valence-electron chi connectivity index (χ1n) is 12.7. The van der Waals surface area contributed by atoms with Crippen molar-refractivity contribution in [2.45, 2.75) is 136 Å². The summed E-state index contributed by atoms with van der Waals surface area (Å²) in [5.41, 5.74) is 0. The molecule has 0 spiro atoms. The molecular weight excluding hydrogens is 360 g/mol. The van der Waals surface area contributed by atoms with Crippen LogP contribution in [0.3, 0.4) is 0 Å². The van der Waals surface area contributed by atoms with Gasteiger partial charge in [-0.15, -0.1) is 0 Å². The molecule has 0 aliphatic carbocycles. The largest absolute Gasteiger partial charge is 0.356 e. The van der Waals surface area contributed by atoms with Gasteiger partial charge in [-0.05, 0) is 19.3 Å². The highest BCUT2D eigenvalue weighted by atomic mass is 16.2. The summed E-state index contributed by atoms with van der Waals surface area (Å²) in [7, 11) is 0. The zero-order chi connectivity index (χ0) is 21.4. The Morgan fingerprint density at radius 1 is 0.448 bits per heavy atom. The molecule has 0 atom stereocenters. The van der Waals surface area contributed by atoms with E-state index >= 15 is 0 Å². The third-order valence-electron chi connectivity index (χ3n) is 5.51. The van der Waals surface area contributed by atoms with Crippen LogP contribution in [-0.4, -0.2) is 24.9 Å². The van der Waals surface area contributed by atoms with E-state index in [9.17, 15) is 9.59 Å². The van der Waals surface area contributed by atoms with Crippen molar-refractivity contribution >= 4 is 11.8 Å². The van der Waals surface area contributed by atoms with E-state index in [4.69, 9.17) is 0 Å². The first-order valence-corrected chi connectivity index (χ1v) is 12.7. The molecule has 0 aromatic heterocycles. The quantitative estimate of drug-likeness (QED) is 0.196. The van der Waals surface area contributed by atoms with Gasteiger partial charge in [0.2, 0.25) is 11.8 Å². The van der Waals surface area contributed by atoms with Crippen LogP contribution in [0.4, 0.5) is 0 Å². The van der Waals surface area contributed by atoms with E-state index in [1.54, 1.807) is 0 Å². The zero-order valence-electron chi connectivity index (χ0n) is 19.7. The lowest BCUT2D eigenvalue weighted by Gasteiger charge is -2.07. The molecule has 0 aromatic rings. The molecule has 4 nitrogen and oxygen atoms in total. The summed E-state index contributed by atoms with van der Waals surface area (Å²) in [4.78, 5) is 23.6. The lowest BCUT2D eigenvalue weighted by atomic mass is 10.1. The molecular formula is C25H50N2O2. The second kappa shape index (κ2) is 23.2. The molecule has 0 saturated carbocycles. The lowest BCUT2D eigenvalue weighted by Crippen LogP contribution is -2.26. The van der Waals surface area contributed by atoms with E-state index in [1.807, 2.05) is 0 Å². The van der Waals surface area contributed by atoms with Gasteiger partial charge in [0.05, 0.1) is 0 Å². The van der Waals surface area contributed by atoms with Crippen molar-refractivity contribution in [1.82, 2.24) is 10.6 Å². The first-order chi connectivity index (χ1) is 14.2. The smallest absolute Gasteiger partial charge is 0.220 e. The summed E-state index contributed by atoms with van der Waals surface area (Å²) in [5, 5.41) is 5.96. The van der Waals surface area contributed by atoms with Crippen molar-refractivity contribution in [2.75, 3.05) is 13.1 Å². The number of hydrogen-bond acceptors (Lipinski definition) is 2. The maximum Gasteiger partial charge on any atom is 0.220 e. The van der Waals surface area contributed by atoms with Gasteiger partial charge in [-0.3, -0.25) is 9.59 Å². The normalized spacial score (nSPS) is 10.8. The highest BCUT2D eigenvalue weighted by Gasteiger charge is 2.04. The Morgan fingerprint density at radius 3 is 1.10 bits per heavy atom. The van der Waals surface area contributed by atoms with Crippen LogP contribution in [0.15, 0.2) is 0 Å². The Bertz CT molecular complexity index is 338. The molecule has 0 saturated heterocycles. The summed E-state index contributed by atoms with van der Waals surface area (Å²) < 4.78 is 0. The molecule has 0 aliphatic heterocycles. The van der Waals surface area contributed by atoms with E-state index in [0.717, 1.165) is 25.9 Å².